The molecule has 6 nitrogen and oxygen atoms in total. The maximum atomic E-state index is 12.4. The predicted molar refractivity (Wildman–Crippen MR) is 84.2 cm³/mol. The van der Waals surface area contributed by atoms with Crippen LogP contribution in [-0.2, 0) is 0 Å². The van der Waals surface area contributed by atoms with Gasteiger partial charge in [-0.25, -0.2) is 0 Å². The highest BCUT2D eigenvalue weighted by atomic mass is 16.3. The van der Waals surface area contributed by atoms with Crippen LogP contribution in [0.4, 0.5) is 0 Å². The van der Waals surface area contributed by atoms with E-state index in [1.807, 2.05) is 0 Å². The molecule has 1 fully saturated rings. The summed E-state index contributed by atoms with van der Waals surface area (Å²) in [6, 6.07) is 11.5. The Morgan fingerprint density at radius 2 is 1.61 bits per heavy atom. The van der Waals surface area contributed by atoms with Crippen molar-refractivity contribution < 1.29 is 14.7 Å². The molecule has 2 heterocycles. The summed E-state index contributed by atoms with van der Waals surface area (Å²) in [7, 11) is 0. The van der Waals surface area contributed by atoms with Crippen LogP contribution in [0.5, 0.6) is 5.75 Å². The van der Waals surface area contributed by atoms with Crippen molar-refractivity contribution in [3.05, 3.63) is 59.9 Å². The fourth-order valence-electron chi connectivity index (χ4n) is 2.59. The van der Waals surface area contributed by atoms with Gasteiger partial charge in [0.1, 0.15) is 11.4 Å². The number of phenolic OH excluding ortho intramolecular Hbond substituents is 1. The number of hydrogen-bond donors (Lipinski definition) is 1. The summed E-state index contributed by atoms with van der Waals surface area (Å²) in [5.74, 6) is -0.180. The molecule has 0 bridgehead atoms. The van der Waals surface area contributed by atoms with E-state index in [0.29, 0.717) is 37.4 Å². The van der Waals surface area contributed by atoms with Crippen LogP contribution < -0.4 is 0 Å². The number of rotatable bonds is 2. The molecule has 1 aliphatic heterocycles. The molecular formula is C17H17N3O3. The Morgan fingerprint density at radius 1 is 0.913 bits per heavy atom. The standard InChI is InChI=1S/C17H17N3O3/c21-14-5-3-4-13(12-14)16(22)19-8-10-20(11-9-19)17(23)15-6-1-2-7-18-15/h1-7,12,21H,8-11H2. The van der Waals surface area contributed by atoms with Crippen molar-refractivity contribution in [3.8, 4) is 5.75 Å². The van der Waals surface area contributed by atoms with Gasteiger partial charge in [0.25, 0.3) is 11.8 Å². The Kier molecular flexibility index (Phi) is 4.23. The monoisotopic (exact) mass is 311 g/mol. The summed E-state index contributed by atoms with van der Waals surface area (Å²) < 4.78 is 0. The van der Waals surface area contributed by atoms with E-state index in [0.717, 1.165) is 0 Å². The minimum atomic E-state index is -0.133. The Balaban J connectivity index is 1.62. The van der Waals surface area contributed by atoms with Crippen LogP contribution >= 0.6 is 0 Å². The zero-order chi connectivity index (χ0) is 16.2. The highest BCUT2D eigenvalue weighted by Crippen LogP contribution is 2.15. The average Bonchev–Trinajstić information content (AvgIpc) is 2.61. The Bertz CT molecular complexity index is 710. The van der Waals surface area contributed by atoms with E-state index in [4.69, 9.17) is 0 Å². The first kappa shape index (κ1) is 15.0. The van der Waals surface area contributed by atoms with Crippen LogP contribution in [0, 0.1) is 0 Å². The summed E-state index contributed by atoms with van der Waals surface area (Å²) in [6.45, 7) is 1.88. The van der Waals surface area contributed by atoms with Crippen molar-refractivity contribution in [2.45, 2.75) is 0 Å². The van der Waals surface area contributed by atoms with Gasteiger partial charge in [-0.15, -0.1) is 0 Å². The molecule has 1 saturated heterocycles. The van der Waals surface area contributed by atoms with Crippen molar-refractivity contribution in [1.29, 1.82) is 0 Å². The van der Waals surface area contributed by atoms with Gasteiger partial charge in [-0.1, -0.05) is 12.1 Å². The minimum absolute atomic E-state index is 0.0693. The molecular weight excluding hydrogens is 294 g/mol. The number of carbonyl (C=O) groups is 2. The van der Waals surface area contributed by atoms with Crippen molar-refractivity contribution in [3.63, 3.8) is 0 Å². The van der Waals surface area contributed by atoms with Gasteiger partial charge in [0.2, 0.25) is 0 Å². The Hall–Kier alpha value is -2.89. The topological polar surface area (TPSA) is 73.7 Å². The number of benzene rings is 1. The first-order chi connectivity index (χ1) is 11.1. The summed E-state index contributed by atoms with van der Waals surface area (Å²) in [5, 5.41) is 9.47. The second kappa shape index (κ2) is 6.48. The SMILES string of the molecule is O=C(c1cccc(O)c1)N1CCN(C(=O)c2ccccn2)CC1. The quantitative estimate of drug-likeness (QED) is 0.909. The molecule has 0 radical (unpaired) electrons. The third kappa shape index (κ3) is 3.31. The molecule has 2 aromatic rings. The van der Waals surface area contributed by atoms with Crippen LogP contribution in [0.2, 0.25) is 0 Å². The van der Waals surface area contributed by atoms with E-state index >= 15 is 0 Å². The van der Waals surface area contributed by atoms with Gasteiger partial charge >= 0.3 is 0 Å². The van der Waals surface area contributed by atoms with Crippen molar-refractivity contribution in [1.82, 2.24) is 14.8 Å². The predicted octanol–water partition coefficient (Wildman–Crippen LogP) is 1.39. The Labute approximate surface area is 134 Å². The van der Waals surface area contributed by atoms with Crippen LogP contribution in [0.1, 0.15) is 20.8 Å². The van der Waals surface area contributed by atoms with Crippen molar-refractivity contribution >= 4 is 11.8 Å². The lowest BCUT2D eigenvalue weighted by Crippen LogP contribution is -2.50. The third-order valence-electron chi connectivity index (χ3n) is 3.83. The molecule has 0 unspecified atom stereocenters. The Morgan fingerprint density at radius 3 is 2.22 bits per heavy atom. The molecule has 0 atom stereocenters. The highest BCUT2D eigenvalue weighted by molar-refractivity contribution is 5.95. The number of amides is 2. The minimum Gasteiger partial charge on any atom is -0.508 e. The number of aromatic hydroxyl groups is 1. The third-order valence-corrected chi connectivity index (χ3v) is 3.83. The number of phenols is 1. The zero-order valence-electron chi connectivity index (χ0n) is 12.6. The van der Waals surface area contributed by atoms with Gasteiger partial charge in [-0.2, -0.15) is 0 Å². The molecule has 118 valence electrons. The average molecular weight is 311 g/mol. The van der Waals surface area contributed by atoms with Crippen LogP contribution in [0.15, 0.2) is 48.7 Å². The van der Waals surface area contributed by atoms with E-state index in [1.165, 1.54) is 12.1 Å². The first-order valence-electron chi connectivity index (χ1n) is 7.44. The fourth-order valence-corrected chi connectivity index (χ4v) is 2.59. The molecule has 0 spiro atoms. The molecule has 0 aliphatic carbocycles. The summed E-state index contributed by atoms with van der Waals surface area (Å²) in [6.07, 6.45) is 1.59. The molecule has 2 amide bonds. The number of hydrogen-bond acceptors (Lipinski definition) is 4. The first-order valence-corrected chi connectivity index (χ1v) is 7.44. The van der Waals surface area contributed by atoms with E-state index in [9.17, 15) is 14.7 Å². The number of piperazine rings is 1. The van der Waals surface area contributed by atoms with Crippen LogP contribution in [0.25, 0.3) is 0 Å². The second-order valence-corrected chi connectivity index (χ2v) is 5.35. The maximum absolute atomic E-state index is 12.4. The van der Waals surface area contributed by atoms with Crippen molar-refractivity contribution in [2.24, 2.45) is 0 Å². The molecule has 6 heteroatoms. The lowest BCUT2D eigenvalue weighted by molar-refractivity contribution is 0.0532. The van der Waals surface area contributed by atoms with Gasteiger partial charge in [0.15, 0.2) is 0 Å². The molecule has 0 saturated carbocycles. The van der Waals surface area contributed by atoms with Gasteiger partial charge < -0.3 is 14.9 Å². The molecule has 3 rings (SSSR count). The lowest BCUT2D eigenvalue weighted by Gasteiger charge is -2.34. The molecule has 1 aromatic heterocycles. The molecule has 1 aromatic carbocycles. The summed E-state index contributed by atoms with van der Waals surface area (Å²) in [4.78, 5) is 32.2. The van der Waals surface area contributed by atoms with E-state index in [1.54, 1.807) is 46.3 Å². The smallest absolute Gasteiger partial charge is 0.272 e. The normalized spacial score (nSPS) is 14.6. The zero-order valence-corrected chi connectivity index (χ0v) is 12.6. The van der Waals surface area contributed by atoms with Gasteiger partial charge in [0.05, 0.1) is 0 Å². The molecule has 23 heavy (non-hydrogen) atoms. The molecule has 1 N–H and O–H groups in total. The van der Waals surface area contributed by atoms with Gasteiger partial charge in [0, 0.05) is 37.9 Å². The second-order valence-electron chi connectivity index (χ2n) is 5.35. The number of pyridine rings is 1. The maximum Gasteiger partial charge on any atom is 0.272 e. The summed E-state index contributed by atoms with van der Waals surface area (Å²) >= 11 is 0. The van der Waals surface area contributed by atoms with Crippen LogP contribution in [-0.4, -0.2) is 57.9 Å². The van der Waals surface area contributed by atoms with Gasteiger partial charge in [-0.05, 0) is 30.3 Å². The highest BCUT2D eigenvalue weighted by Gasteiger charge is 2.26. The van der Waals surface area contributed by atoms with Gasteiger partial charge in [-0.3, -0.25) is 14.6 Å². The largest absolute Gasteiger partial charge is 0.508 e. The summed E-state index contributed by atoms with van der Waals surface area (Å²) in [5.41, 5.74) is 0.870. The van der Waals surface area contributed by atoms with E-state index < -0.39 is 0 Å². The lowest BCUT2D eigenvalue weighted by atomic mass is 10.1. The number of nitrogens with zero attached hydrogens (tertiary/aromatic N) is 3. The van der Waals surface area contributed by atoms with Crippen molar-refractivity contribution in [2.75, 3.05) is 26.2 Å². The van der Waals surface area contributed by atoms with E-state index in [2.05, 4.69) is 4.98 Å². The van der Waals surface area contributed by atoms with E-state index in [-0.39, 0.29) is 17.6 Å². The van der Waals surface area contributed by atoms with Crippen LogP contribution in [0.3, 0.4) is 0 Å². The number of carbonyl (C=O) groups excluding carboxylic acids is 2. The molecule has 1 aliphatic rings. The fraction of sp³-hybridized carbons (Fsp3) is 0.235. The number of aromatic nitrogens is 1.